The molecule has 36 heavy (non-hydrogen) atoms. The fourth-order valence-corrected chi connectivity index (χ4v) is 4.72. The Morgan fingerprint density at radius 3 is 2.69 bits per heavy atom. The van der Waals surface area contributed by atoms with E-state index in [4.69, 9.17) is 24.0 Å². The largest absolute Gasteiger partial charge is 0.482 e. The first-order valence-electron chi connectivity index (χ1n) is 12.5. The number of benzene rings is 1. The van der Waals surface area contributed by atoms with Crippen LogP contribution in [0.3, 0.4) is 0 Å². The summed E-state index contributed by atoms with van der Waals surface area (Å²) in [6.07, 6.45) is 1.82. The molecule has 1 fully saturated rings. The fourth-order valence-electron chi connectivity index (χ4n) is 3.97. The van der Waals surface area contributed by atoms with Crippen LogP contribution < -0.4 is 9.64 Å². The molecule has 0 radical (unpaired) electrons. The van der Waals surface area contributed by atoms with Gasteiger partial charge < -0.3 is 23.8 Å². The number of fused-ring (bicyclic) bond motifs is 1. The molecular weight excluding hydrogens is 476 g/mol. The van der Waals surface area contributed by atoms with Crippen molar-refractivity contribution in [2.45, 2.75) is 39.3 Å². The molecule has 1 aromatic carbocycles. The molecule has 194 valence electrons. The van der Waals surface area contributed by atoms with Gasteiger partial charge in [-0.1, -0.05) is 19.6 Å². The molecule has 0 bridgehead atoms. The molecule has 0 amide bonds. The Morgan fingerprint density at radius 1 is 1.14 bits per heavy atom. The van der Waals surface area contributed by atoms with Crippen LogP contribution in [0.4, 0.5) is 5.82 Å². The first kappa shape index (κ1) is 26.1. The number of hydrogen-bond donors (Lipinski definition) is 0. The van der Waals surface area contributed by atoms with Gasteiger partial charge in [0.15, 0.2) is 6.61 Å². The van der Waals surface area contributed by atoms with Gasteiger partial charge in [0.1, 0.15) is 24.0 Å². The minimum atomic E-state index is -1.18. The molecule has 0 aliphatic carbocycles. The van der Waals surface area contributed by atoms with Gasteiger partial charge in [-0.25, -0.2) is 14.5 Å². The van der Waals surface area contributed by atoms with Crippen molar-refractivity contribution >= 4 is 30.8 Å². The van der Waals surface area contributed by atoms with Crippen LogP contribution in [0.1, 0.15) is 6.92 Å². The second kappa shape index (κ2) is 11.9. The summed E-state index contributed by atoms with van der Waals surface area (Å²) in [7, 11) is -1.18. The van der Waals surface area contributed by atoms with Crippen molar-refractivity contribution in [1.82, 2.24) is 14.8 Å². The van der Waals surface area contributed by atoms with E-state index in [1.807, 2.05) is 35.1 Å². The molecule has 0 atom stereocenters. The summed E-state index contributed by atoms with van der Waals surface area (Å²) in [5.74, 6) is 1.09. The summed E-state index contributed by atoms with van der Waals surface area (Å²) in [6.45, 7) is 13.1. The van der Waals surface area contributed by atoms with Crippen LogP contribution in [-0.2, 0) is 25.7 Å². The van der Waals surface area contributed by atoms with Crippen molar-refractivity contribution in [1.29, 1.82) is 0 Å². The van der Waals surface area contributed by atoms with Crippen LogP contribution >= 0.6 is 0 Å². The lowest BCUT2D eigenvalue weighted by atomic mass is 10.1. The zero-order chi connectivity index (χ0) is 25.5. The molecule has 0 unspecified atom stereocenters. The number of rotatable bonds is 11. The predicted octanol–water partition coefficient (Wildman–Crippen LogP) is 4.19. The van der Waals surface area contributed by atoms with Crippen molar-refractivity contribution in [2.75, 3.05) is 51.0 Å². The number of nitrogens with zero attached hydrogens (tertiary/aromatic N) is 4. The van der Waals surface area contributed by atoms with Crippen LogP contribution in [0.15, 0.2) is 36.5 Å². The summed E-state index contributed by atoms with van der Waals surface area (Å²) in [6, 6.07) is 10.8. The monoisotopic (exact) mass is 512 g/mol. The van der Waals surface area contributed by atoms with E-state index in [2.05, 4.69) is 35.6 Å². The highest BCUT2D eigenvalue weighted by molar-refractivity contribution is 6.76. The molecule has 4 rings (SSSR count). The van der Waals surface area contributed by atoms with Crippen molar-refractivity contribution in [3.63, 3.8) is 0 Å². The summed E-state index contributed by atoms with van der Waals surface area (Å²) < 4.78 is 24.1. The maximum absolute atomic E-state index is 11.8. The van der Waals surface area contributed by atoms with Gasteiger partial charge in [-0.3, -0.25) is 0 Å². The minimum absolute atomic E-state index is 0.140. The van der Waals surface area contributed by atoms with Gasteiger partial charge in [-0.15, -0.1) is 0 Å². The fraction of sp³-hybridized carbons (Fsp3) is 0.500. The lowest BCUT2D eigenvalue weighted by Crippen LogP contribution is -2.36. The van der Waals surface area contributed by atoms with E-state index in [0.29, 0.717) is 38.9 Å². The molecule has 1 saturated heterocycles. The summed E-state index contributed by atoms with van der Waals surface area (Å²) in [5, 5.41) is 5.85. The van der Waals surface area contributed by atoms with E-state index in [-0.39, 0.29) is 6.61 Å². The minimum Gasteiger partial charge on any atom is -0.482 e. The average Bonchev–Trinajstić information content (AvgIpc) is 3.23. The molecule has 0 N–H and O–H groups in total. The van der Waals surface area contributed by atoms with Crippen LogP contribution in [-0.4, -0.2) is 74.9 Å². The maximum Gasteiger partial charge on any atom is 0.344 e. The third kappa shape index (κ3) is 6.83. The van der Waals surface area contributed by atoms with Crippen molar-refractivity contribution in [2.24, 2.45) is 0 Å². The quantitative estimate of drug-likeness (QED) is 0.215. The molecule has 1 aliphatic heterocycles. The SMILES string of the molecule is CCOC(=O)COc1ccc2c(c1)c(-c1ccnc(N3CCOCC3)c1)nn2COCC[Si](C)(C)C. The molecule has 3 heterocycles. The number of esters is 1. The molecule has 10 heteroatoms. The first-order valence-corrected chi connectivity index (χ1v) is 16.2. The third-order valence-electron chi connectivity index (χ3n) is 5.95. The Balaban J connectivity index is 1.63. The van der Waals surface area contributed by atoms with Gasteiger partial charge in [0.05, 0.1) is 25.3 Å². The van der Waals surface area contributed by atoms with Gasteiger partial charge in [0.25, 0.3) is 0 Å². The van der Waals surface area contributed by atoms with Gasteiger partial charge in [0.2, 0.25) is 0 Å². The Hall–Kier alpha value is -2.95. The number of carbonyl (C=O) groups is 1. The number of aromatic nitrogens is 3. The zero-order valence-electron chi connectivity index (χ0n) is 21.7. The second-order valence-corrected chi connectivity index (χ2v) is 15.6. The van der Waals surface area contributed by atoms with E-state index in [9.17, 15) is 4.79 Å². The Labute approximate surface area is 213 Å². The smallest absolute Gasteiger partial charge is 0.344 e. The maximum atomic E-state index is 11.8. The molecule has 0 saturated carbocycles. The van der Waals surface area contributed by atoms with E-state index in [1.165, 1.54) is 0 Å². The van der Waals surface area contributed by atoms with Crippen LogP contribution in [0, 0.1) is 0 Å². The molecule has 3 aromatic rings. The summed E-state index contributed by atoms with van der Waals surface area (Å²) in [4.78, 5) is 18.6. The first-order chi connectivity index (χ1) is 17.3. The van der Waals surface area contributed by atoms with E-state index >= 15 is 0 Å². The number of carbonyl (C=O) groups excluding carboxylic acids is 1. The van der Waals surface area contributed by atoms with Gasteiger partial charge >= 0.3 is 5.97 Å². The lowest BCUT2D eigenvalue weighted by Gasteiger charge is -2.27. The highest BCUT2D eigenvalue weighted by Crippen LogP contribution is 2.32. The van der Waals surface area contributed by atoms with Crippen molar-refractivity contribution in [3.8, 4) is 17.0 Å². The Bertz CT molecular complexity index is 1170. The van der Waals surface area contributed by atoms with Gasteiger partial charge in [-0.05, 0) is 43.3 Å². The number of pyridine rings is 1. The number of morpholine rings is 1. The third-order valence-corrected chi connectivity index (χ3v) is 7.65. The topological polar surface area (TPSA) is 87.9 Å². The highest BCUT2D eigenvalue weighted by atomic mass is 28.3. The van der Waals surface area contributed by atoms with Crippen molar-refractivity contribution < 1.29 is 23.7 Å². The van der Waals surface area contributed by atoms with Gasteiger partial charge in [0, 0.05) is 44.9 Å². The zero-order valence-corrected chi connectivity index (χ0v) is 22.7. The van der Waals surface area contributed by atoms with E-state index in [1.54, 1.807) is 6.92 Å². The van der Waals surface area contributed by atoms with Crippen LogP contribution in [0.5, 0.6) is 5.75 Å². The standard InChI is InChI=1S/C26H36N4O5Si/c1-5-34-25(31)18-35-21-6-7-23-22(17-21)26(28-30(23)19-33-14-15-36(2,3)4)20-8-9-27-24(16-20)29-10-12-32-13-11-29/h6-9,16-17H,5,10-15,18-19H2,1-4H3. The lowest BCUT2D eigenvalue weighted by molar-refractivity contribution is -0.145. The molecular formula is C26H36N4O5Si. The van der Waals surface area contributed by atoms with Gasteiger partial charge in [-0.2, -0.15) is 5.10 Å². The van der Waals surface area contributed by atoms with Crippen LogP contribution in [0.2, 0.25) is 25.7 Å². The average molecular weight is 513 g/mol. The highest BCUT2D eigenvalue weighted by Gasteiger charge is 2.18. The van der Waals surface area contributed by atoms with E-state index < -0.39 is 14.0 Å². The normalized spacial score (nSPS) is 14.3. The Morgan fingerprint density at radius 2 is 1.94 bits per heavy atom. The van der Waals surface area contributed by atoms with E-state index in [0.717, 1.165) is 47.1 Å². The number of anilines is 1. The van der Waals surface area contributed by atoms with Crippen molar-refractivity contribution in [3.05, 3.63) is 36.5 Å². The number of ether oxygens (including phenoxy) is 4. The Kier molecular flexibility index (Phi) is 8.60. The molecule has 1 aliphatic rings. The predicted molar refractivity (Wildman–Crippen MR) is 142 cm³/mol. The second-order valence-electron chi connectivity index (χ2n) is 9.97. The molecule has 9 nitrogen and oxygen atoms in total. The summed E-state index contributed by atoms with van der Waals surface area (Å²) in [5.41, 5.74) is 2.71. The molecule has 2 aromatic heterocycles. The molecule has 0 spiro atoms. The van der Waals surface area contributed by atoms with Crippen LogP contribution in [0.25, 0.3) is 22.2 Å². The summed E-state index contributed by atoms with van der Waals surface area (Å²) >= 11 is 0. The number of hydrogen-bond acceptors (Lipinski definition) is 8.